The standard InChI is InChI=1S/C26H38O2/c1-19-7-11-22(12-8-19)24-15-17-25(18-16-24)23-13-9-21(10-14-23)6-4-3-5-20(2)26(27)28/h5,7-8,11-12,21,23-25H,3-4,6,9-10,13-18H2,1-2H3,(H,27,28). The maximum Gasteiger partial charge on any atom is 0.330 e. The van der Waals surface area contributed by atoms with Gasteiger partial charge in [0.1, 0.15) is 0 Å². The van der Waals surface area contributed by atoms with E-state index in [1.165, 1.54) is 63.4 Å². The first kappa shape index (κ1) is 21.1. The number of benzene rings is 1. The summed E-state index contributed by atoms with van der Waals surface area (Å²) in [7, 11) is 0. The first-order chi connectivity index (χ1) is 13.5. The minimum atomic E-state index is -0.780. The Morgan fingerprint density at radius 3 is 2.11 bits per heavy atom. The molecule has 0 saturated heterocycles. The van der Waals surface area contributed by atoms with E-state index in [1.54, 1.807) is 12.5 Å². The Morgan fingerprint density at radius 1 is 0.964 bits per heavy atom. The smallest absolute Gasteiger partial charge is 0.330 e. The molecule has 2 fully saturated rings. The number of rotatable bonds is 7. The molecular weight excluding hydrogens is 344 g/mol. The predicted octanol–water partition coefficient (Wildman–Crippen LogP) is 7.28. The maximum absolute atomic E-state index is 10.8. The second-order valence-corrected chi connectivity index (χ2v) is 9.43. The van der Waals surface area contributed by atoms with Crippen LogP contribution in [0.2, 0.25) is 0 Å². The van der Waals surface area contributed by atoms with Crippen molar-refractivity contribution in [3.05, 3.63) is 47.0 Å². The molecule has 2 aliphatic carbocycles. The number of aryl methyl sites for hydroxylation is 1. The zero-order valence-corrected chi connectivity index (χ0v) is 17.8. The second-order valence-electron chi connectivity index (χ2n) is 9.43. The molecule has 1 aromatic carbocycles. The van der Waals surface area contributed by atoms with E-state index in [0.29, 0.717) is 5.57 Å². The average molecular weight is 383 g/mol. The number of carboxylic acids is 1. The molecule has 2 aliphatic rings. The van der Waals surface area contributed by atoms with Crippen LogP contribution in [0.15, 0.2) is 35.9 Å². The van der Waals surface area contributed by atoms with E-state index >= 15 is 0 Å². The minimum Gasteiger partial charge on any atom is -0.478 e. The molecule has 0 spiro atoms. The Bertz CT molecular complexity index is 642. The summed E-state index contributed by atoms with van der Waals surface area (Å²) in [6.45, 7) is 3.87. The highest BCUT2D eigenvalue weighted by Crippen LogP contribution is 2.44. The van der Waals surface area contributed by atoms with Crippen LogP contribution in [0.3, 0.4) is 0 Å². The highest BCUT2D eigenvalue weighted by Gasteiger charge is 2.31. The number of hydrogen-bond donors (Lipinski definition) is 1. The molecule has 0 atom stereocenters. The van der Waals surface area contributed by atoms with Crippen molar-refractivity contribution in [3.63, 3.8) is 0 Å². The fourth-order valence-electron chi connectivity index (χ4n) is 5.52. The van der Waals surface area contributed by atoms with E-state index in [2.05, 4.69) is 31.2 Å². The maximum atomic E-state index is 10.8. The van der Waals surface area contributed by atoms with Crippen LogP contribution in [-0.4, -0.2) is 11.1 Å². The molecular formula is C26H38O2. The third-order valence-corrected chi connectivity index (χ3v) is 7.48. The van der Waals surface area contributed by atoms with Crippen LogP contribution in [0.25, 0.3) is 0 Å². The van der Waals surface area contributed by atoms with E-state index < -0.39 is 5.97 Å². The van der Waals surface area contributed by atoms with Gasteiger partial charge in [0, 0.05) is 5.57 Å². The van der Waals surface area contributed by atoms with Crippen molar-refractivity contribution in [2.24, 2.45) is 17.8 Å². The van der Waals surface area contributed by atoms with Crippen LogP contribution < -0.4 is 0 Å². The number of aliphatic carboxylic acids is 1. The highest BCUT2D eigenvalue weighted by molar-refractivity contribution is 5.85. The minimum absolute atomic E-state index is 0.491. The molecule has 1 aromatic rings. The fraction of sp³-hybridized carbons (Fsp3) is 0.654. The molecule has 3 rings (SSSR count). The first-order valence-electron chi connectivity index (χ1n) is 11.5. The molecule has 0 amide bonds. The van der Waals surface area contributed by atoms with Crippen molar-refractivity contribution in [2.45, 2.75) is 90.4 Å². The third kappa shape index (κ3) is 5.96. The number of hydrogen-bond acceptors (Lipinski definition) is 1. The molecule has 0 unspecified atom stereocenters. The summed E-state index contributed by atoms with van der Waals surface area (Å²) in [5.41, 5.74) is 3.41. The van der Waals surface area contributed by atoms with Gasteiger partial charge in [-0.1, -0.05) is 55.2 Å². The van der Waals surface area contributed by atoms with Gasteiger partial charge in [-0.15, -0.1) is 0 Å². The molecule has 154 valence electrons. The van der Waals surface area contributed by atoms with Gasteiger partial charge in [0.15, 0.2) is 0 Å². The highest BCUT2D eigenvalue weighted by atomic mass is 16.4. The second kappa shape index (κ2) is 10.3. The van der Waals surface area contributed by atoms with E-state index in [-0.39, 0.29) is 0 Å². The van der Waals surface area contributed by atoms with E-state index in [0.717, 1.165) is 36.5 Å². The van der Waals surface area contributed by atoms with E-state index in [4.69, 9.17) is 5.11 Å². The Morgan fingerprint density at radius 2 is 1.54 bits per heavy atom. The largest absolute Gasteiger partial charge is 0.478 e. The fourth-order valence-corrected chi connectivity index (χ4v) is 5.52. The molecule has 2 nitrogen and oxygen atoms in total. The predicted molar refractivity (Wildman–Crippen MR) is 117 cm³/mol. The topological polar surface area (TPSA) is 37.3 Å². The molecule has 28 heavy (non-hydrogen) atoms. The van der Waals surface area contributed by atoms with Crippen molar-refractivity contribution in [1.29, 1.82) is 0 Å². The van der Waals surface area contributed by atoms with Gasteiger partial charge in [0.05, 0.1) is 0 Å². The number of unbranched alkanes of at least 4 members (excludes halogenated alkanes) is 1. The lowest BCUT2D eigenvalue weighted by Gasteiger charge is -2.38. The lowest BCUT2D eigenvalue weighted by molar-refractivity contribution is -0.132. The summed E-state index contributed by atoms with van der Waals surface area (Å²) in [6, 6.07) is 9.22. The van der Waals surface area contributed by atoms with Crippen LogP contribution in [0.4, 0.5) is 0 Å². The third-order valence-electron chi connectivity index (χ3n) is 7.48. The molecule has 0 heterocycles. The normalized spacial score (nSPS) is 28.9. The summed E-state index contributed by atoms with van der Waals surface area (Å²) < 4.78 is 0. The van der Waals surface area contributed by atoms with Crippen LogP contribution >= 0.6 is 0 Å². The van der Waals surface area contributed by atoms with Gasteiger partial charge in [-0.05, 0) is 94.4 Å². The van der Waals surface area contributed by atoms with Crippen molar-refractivity contribution >= 4 is 5.97 Å². The lowest BCUT2D eigenvalue weighted by atomic mass is 9.68. The molecule has 1 N–H and O–H groups in total. The molecule has 0 aromatic heterocycles. The molecule has 0 radical (unpaired) electrons. The summed E-state index contributed by atoms with van der Waals surface area (Å²) in [5, 5.41) is 8.91. The summed E-state index contributed by atoms with van der Waals surface area (Å²) in [4.78, 5) is 10.8. The Kier molecular flexibility index (Phi) is 7.76. The van der Waals surface area contributed by atoms with Crippen LogP contribution in [-0.2, 0) is 4.79 Å². The van der Waals surface area contributed by atoms with Gasteiger partial charge < -0.3 is 5.11 Å². The Labute approximate surface area is 171 Å². The summed E-state index contributed by atoms with van der Waals surface area (Å²) in [5.74, 6) is 2.81. The van der Waals surface area contributed by atoms with Gasteiger partial charge in [-0.2, -0.15) is 0 Å². The molecule has 2 heteroatoms. The van der Waals surface area contributed by atoms with Gasteiger partial charge in [-0.3, -0.25) is 0 Å². The molecule has 0 aliphatic heterocycles. The summed E-state index contributed by atoms with van der Waals surface area (Å²) >= 11 is 0. The quantitative estimate of drug-likeness (QED) is 0.397. The van der Waals surface area contributed by atoms with Gasteiger partial charge in [0.2, 0.25) is 0 Å². The Balaban J connectivity index is 1.35. The molecule has 2 saturated carbocycles. The van der Waals surface area contributed by atoms with Crippen LogP contribution in [0, 0.1) is 24.7 Å². The van der Waals surface area contributed by atoms with Crippen molar-refractivity contribution in [1.82, 2.24) is 0 Å². The average Bonchev–Trinajstić information content (AvgIpc) is 2.72. The Hall–Kier alpha value is -1.57. The van der Waals surface area contributed by atoms with Gasteiger partial charge >= 0.3 is 5.97 Å². The lowest BCUT2D eigenvalue weighted by Crippen LogP contribution is -2.25. The zero-order chi connectivity index (χ0) is 19.9. The molecule has 0 bridgehead atoms. The van der Waals surface area contributed by atoms with Crippen molar-refractivity contribution in [2.75, 3.05) is 0 Å². The van der Waals surface area contributed by atoms with E-state index in [1.807, 2.05) is 6.08 Å². The van der Waals surface area contributed by atoms with Crippen LogP contribution in [0.1, 0.15) is 94.6 Å². The monoisotopic (exact) mass is 382 g/mol. The number of allylic oxidation sites excluding steroid dienone is 1. The van der Waals surface area contributed by atoms with Gasteiger partial charge in [-0.25, -0.2) is 4.79 Å². The number of carbonyl (C=O) groups is 1. The van der Waals surface area contributed by atoms with Crippen molar-refractivity contribution in [3.8, 4) is 0 Å². The first-order valence-corrected chi connectivity index (χ1v) is 11.5. The zero-order valence-electron chi connectivity index (χ0n) is 17.8. The van der Waals surface area contributed by atoms with Crippen molar-refractivity contribution < 1.29 is 9.90 Å². The van der Waals surface area contributed by atoms with Crippen LogP contribution in [0.5, 0.6) is 0 Å². The SMILES string of the molecule is CC(=CCCCC1CCC(C2CCC(c3ccc(C)cc3)CC2)CC1)C(=O)O. The van der Waals surface area contributed by atoms with Gasteiger partial charge in [0.25, 0.3) is 0 Å². The number of carboxylic acid groups (broad SMARTS) is 1. The van der Waals surface area contributed by atoms with E-state index in [9.17, 15) is 4.79 Å². The summed E-state index contributed by atoms with van der Waals surface area (Å²) in [6.07, 6.45) is 16.5.